The van der Waals surface area contributed by atoms with Crippen LogP contribution in [0.3, 0.4) is 0 Å². The van der Waals surface area contributed by atoms with E-state index in [0.717, 1.165) is 24.8 Å². The maximum Gasteiger partial charge on any atom is 0.0515 e. The predicted octanol–water partition coefficient (Wildman–Crippen LogP) is 2.81. The molecule has 16 heavy (non-hydrogen) atoms. The zero-order chi connectivity index (χ0) is 12.0. The largest absolute Gasteiger partial charge is 0.393 e. The first-order chi connectivity index (χ1) is 7.58. The molecule has 1 saturated carbocycles. The highest BCUT2D eigenvalue weighted by atomic mass is 16.3. The van der Waals surface area contributed by atoms with E-state index in [9.17, 15) is 5.11 Å². The van der Waals surface area contributed by atoms with Gasteiger partial charge in [-0.15, -0.1) is 0 Å². The molecule has 1 aliphatic rings. The van der Waals surface area contributed by atoms with Crippen LogP contribution in [0, 0.1) is 17.8 Å². The minimum atomic E-state index is -0.161. The molecule has 0 aromatic rings. The van der Waals surface area contributed by atoms with Gasteiger partial charge >= 0.3 is 0 Å². The fourth-order valence-electron chi connectivity index (χ4n) is 2.94. The Bertz CT molecular complexity index is 182. The van der Waals surface area contributed by atoms with Crippen LogP contribution in [0.4, 0.5) is 0 Å². The van der Waals surface area contributed by atoms with E-state index in [-0.39, 0.29) is 6.10 Å². The van der Waals surface area contributed by atoms with Gasteiger partial charge in [0.2, 0.25) is 0 Å². The second-order valence-electron chi connectivity index (χ2n) is 5.99. The summed E-state index contributed by atoms with van der Waals surface area (Å²) in [5, 5.41) is 12.8. The second kappa shape index (κ2) is 7.29. The summed E-state index contributed by atoms with van der Waals surface area (Å²) >= 11 is 0. The van der Waals surface area contributed by atoms with Crippen LogP contribution in [0.5, 0.6) is 0 Å². The second-order valence-corrected chi connectivity index (χ2v) is 5.99. The van der Waals surface area contributed by atoms with E-state index >= 15 is 0 Å². The first-order valence-corrected chi connectivity index (χ1v) is 6.96. The number of aliphatic hydroxyl groups excluding tert-OH is 1. The number of hydrogen-bond acceptors (Lipinski definition) is 2. The summed E-state index contributed by atoms with van der Waals surface area (Å²) in [6, 6.07) is 0. The first kappa shape index (κ1) is 14.0. The molecule has 1 aliphatic carbocycles. The third kappa shape index (κ3) is 5.86. The number of rotatable bonds is 6. The molecular formula is C14H29NO. The van der Waals surface area contributed by atoms with Crippen molar-refractivity contribution in [3.8, 4) is 0 Å². The van der Waals surface area contributed by atoms with Gasteiger partial charge in [-0.1, -0.05) is 26.7 Å². The van der Waals surface area contributed by atoms with Gasteiger partial charge in [0.15, 0.2) is 0 Å². The van der Waals surface area contributed by atoms with Crippen molar-refractivity contribution in [2.45, 2.75) is 59.0 Å². The summed E-state index contributed by atoms with van der Waals surface area (Å²) in [6.07, 6.45) is 6.39. The molecule has 4 atom stereocenters. The molecule has 1 rings (SSSR count). The van der Waals surface area contributed by atoms with Gasteiger partial charge in [-0.05, 0) is 57.0 Å². The maximum absolute atomic E-state index is 9.28. The van der Waals surface area contributed by atoms with Crippen molar-refractivity contribution in [2.75, 3.05) is 13.1 Å². The van der Waals surface area contributed by atoms with E-state index in [1.165, 1.54) is 32.2 Å². The van der Waals surface area contributed by atoms with E-state index in [2.05, 4.69) is 19.2 Å². The lowest BCUT2D eigenvalue weighted by Gasteiger charge is -2.27. The Morgan fingerprint density at radius 3 is 2.69 bits per heavy atom. The summed E-state index contributed by atoms with van der Waals surface area (Å²) in [5.74, 6) is 2.40. The molecule has 0 bridgehead atoms. The van der Waals surface area contributed by atoms with Crippen LogP contribution >= 0.6 is 0 Å². The first-order valence-electron chi connectivity index (χ1n) is 6.96. The van der Waals surface area contributed by atoms with Gasteiger partial charge in [0.05, 0.1) is 6.10 Å². The standard InChI is InChI=1S/C14H29NO/c1-11-5-4-6-14(8-11)10-15-9-12(2)7-13(3)16/h11-16H,4-10H2,1-3H3/t11-,12-,13+,14-/m0/s1. The molecule has 2 heteroatoms. The Hall–Kier alpha value is -0.0800. The average molecular weight is 227 g/mol. The average Bonchev–Trinajstić information content (AvgIpc) is 2.16. The van der Waals surface area contributed by atoms with Crippen molar-refractivity contribution >= 4 is 0 Å². The SMILES string of the molecule is C[C@H](CNC[C@H]1CCC[C@H](C)C1)C[C@@H](C)O. The highest BCUT2D eigenvalue weighted by Crippen LogP contribution is 2.27. The summed E-state index contributed by atoms with van der Waals surface area (Å²) in [6.45, 7) is 8.69. The van der Waals surface area contributed by atoms with Gasteiger partial charge in [-0.3, -0.25) is 0 Å². The van der Waals surface area contributed by atoms with E-state index < -0.39 is 0 Å². The van der Waals surface area contributed by atoms with Crippen LogP contribution in [0.15, 0.2) is 0 Å². The fourth-order valence-corrected chi connectivity index (χ4v) is 2.94. The van der Waals surface area contributed by atoms with Crippen molar-refractivity contribution in [2.24, 2.45) is 17.8 Å². The number of hydrogen-bond donors (Lipinski definition) is 2. The molecule has 0 unspecified atom stereocenters. The molecule has 0 aliphatic heterocycles. The third-order valence-electron chi connectivity index (χ3n) is 3.71. The van der Waals surface area contributed by atoms with E-state index in [1.54, 1.807) is 0 Å². The lowest BCUT2D eigenvalue weighted by molar-refractivity contribution is 0.162. The molecule has 96 valence electrons. The third-order valence-corrected chi connectivity index (χ3v) is 3.71. The van der Waals surface area contributed by atoms with Crippen molar-refractivity contribution in [1.29, 1.82) is 0 Å². The zero-order valence-electron chi connectivity index (χ0n) is 11.2. The molecule has 0 amide bonds. The Labute approximate surface area is 101 Å². The van der Waals surface area contributed by atoms with Crippen LogP contribution < -0.4 is 5.32 Å². The molecular weight excluding hydrogens is 198 g/mol. The molecule has 2 nitrogen and oxygen atoms in total. The van der Waals surface area contributed by atoms with Gasteiger partial charge in [-0.2, -0.15) is 0 Å². The van der Waals surface area contributed by atoms with E-state index in [4.69, 9.17) is 0 Å². The van der Waals surface area contributed by atoms with Gasteiger partial charge in [0, 0.05) is 0 Å². The van der Waals surface area contributed by atoms with Gasteiger partial charge < -0.3 is 10.4 Å². The molecule has 0 saturated heterocycles. The summed E-state index contributed by atoms with van der Waals surface area (Å²) in [4.78, 5) is 0. The van der Waals surface area contributed by atoms with Crippen LogP contribution in [0.1, 0.15) is 52.9 Å². The van der Waals surface area contributed by atoms with Crippen molar-refractivity contribution in [3.63, 3.8) is 0 Å². The van der Waals surface area contributed by atoms with Crippen LogP contribution in [0.2, 0.25) is 0 Å². The smallest absolute Gasteiger partial charge is 0.0515 e. The molecule has 0 radical (unpaired) electrons. The highest BCUT2D eigenvalue weighted by molar-refractivity contribution is 4.72. The number of aliphatic hydroxyl groups is 1. The van der Waals surface area contributed by atoms with Gasteiger partial charge in [0.25, 0.3) is 0 Å². The van der Waals surface area contributed by atoms with Crippen LogP contribution in [-0.4, -0.2) is 24.3 Å². The Morgan fingerprint density at radius 1 is 1.31 bits per heavy atom. The monoisotopic (exact) mass is 227 g/mol. The molecule has 0 aromatic heterocycles. The molecule has 0 heterocycles. The summed E-state index contributed by atoms with van der Waals surface area (Å²) < 4.78 is 0. The van der Waals surface area contributed by atoms with Gasteiger partial charge in [0.1, 0.15) is 0 Å². The Balaban J connectivity index is 2.05. The fraction of sp³-hybridized carbons (Fsp3) is 1.00. The van der Waals surface area contributed by atoms with Crippen LogP contribution in [0.25, 0.3) is 0 Å². The Kier molecular flexibility index (Phi) is 6.37. The van der Waals surface area contributed by atoms with E-state index in [0.29, 0.717) is 5.92 Å². The minimum Gasteiger partial charge on any atom is -0.393 e. The Morgan fingerprint density at radius 2 is 2.06 bits per heavy atom. The minimum absolute atomic E-state index is 0.161. The lowest BCUT2D eigenvalue weighted by atomic mass is 9.82. The molecule has 0 aromatic carbocycles. The quantitative estimate of drug-likeness (QED) is 0.731. The lowest BCUT2D eigenvalue weighted by Crippen LogP contribution is -2.30. The highest BCUT2D eigenvalue weighted by Gasteiger charge is 2.18. The molecule has 0 spiro atoms. The summed E-state index contributed by atoms with van der Waals surface area (Å²) in [5.41, 5.74) is 0. The normalized spacial score (nSPS) is 30.0. The maximum atomic E-state index is 9.28. The predicted molar refractivity (Wildman–Crippen MR) is 69.5 cm³/mol. The zero-order valence-corrected chi connectivity index (χ0v) is 11.2. The van der Waals surface area contributed by atoms with Crippen molar-refractivity contribution in [1.82, 2.24) is 5.32 Å². The van der Waals surface area contributed by atoms with Crippen molar-refractivity contribution < 1.29 is 5.11 Å². The number of nitrogens with one attached hydrogen (secondary N) is 1. The van der Waals surface area contributed by atoms with Crippen LogP contribution in [-0.2, 0) is 0 Å². The van der Waals surface area contributed by atoms with Gasteiger partial charge in [-0.25, -0.2) is 0 Å². The van der Waals surface area contributed by atoms with Crippen molar-refractivity contribution in [3.05, 3.63) is 0 Å². The summed E-state index contributed by atoms with van der Waals surface area (Å²) in [7, 11) is 0. The molecule has 2 N–H and O–H groups in total. The molecule has 1 fully saturated rings. The topological polar surface area (TPSA) is 32.3 Å². The van der Waals surface area contributed by atoms with E-state index in [1.807, 2.05) is 6.92 Å².